The van der Waals surface area contributed by atoms with Crippen LogP contribution in [0.4, 0.5) is 0 Å². The van der Waals surface area contributed by atoms with Gasteiger partial charge in [-0.15, -0.1) is 0 Å². The average Bonchev–Trinajstić information content (AvgIpc) is 2.16. The van der Waals surface area contributed by atoms with Crippen molar-refractivity contribution in [3.8, 4) is 0 Å². The highest BCUT2D eigenvalue weighted by molar-refractivity contribution is 5.86. The molecule has 2 aliphatic carbocycles. The Morgan fingerprint density at radius 1 is 1.43 bits per heavy atom. The largest absolute Gasteiger partial charge is 0.299 e. The summed E-state index contributed by atoms with van der Waals surface area (Å²) in [5.41, 5.74) is -0.0631. The van der Waals surface area contributed by atoms with Gasteiger partial charge in [0.1, 0.15) is 5.78 Å². The molecule has 1 saturated carbocycles. The van der Waals surface area contributed by atoms with Gasteiger partial charge in [0.25, 0.3) is 0 Å². The minimum atomic E-state index is -0.0631. The lowest BCUT2D eigenvalue weighted by atomic mass is 9.54. The van der Waals surface area contributed by atoms with E-state index in [9.17, 15) is 4.79 Å². The van der Waals surface area contributed by atoms with Crippen molar-refractivity contribution in [2.24, 2.45) is 23.2 Å². The van der Waals surface area contributed by atoms with Crippen molar-refractivity contribution in [1.29, 1.82) is 0 Å². The standard InChI is InChI=1S/C13H20O/c1-9-7-8-12(14)13(3)10(2)5-4-6-11(9)13/h4-5,9-11H,6-8H2,1-3H3. The van der Waals surface area contributed by atoms with Crippen LogP contribution in [0.5, 0.6) is 0 Å². The van der Waals surface area contributed by atoms with Crippen LogP contribution < -0.4 is 0 Å². The lowest BCUT2D eigenvalue weighted by molar-refractivity contribution is -0.139. The molecular formula is C13H20O. The molecular weight excluding hydrogens is 172 g/mol. The Bertz CT molecular complexity index is 279. The molecule has 0 amide bonds. The Balaban J connectivity index is 2.39. The molecule has 0 aliphatic heterocycles. The Labute approximate surface area is 86.6 Å². The summed E-state index contributed by atoms with van der Waals surface area (Å²) in [7, 11) is 0. The molecule has 78 valence electrons. The second kappa shape index (κ2) is 3.22. The van der Waals surface area contributed by atoms with Crippen molar-refractivity contribution in [3.63, 3.8) is 0 Å². The minimum absolute atomic E-state index is 0.0631. The van der Waals surface area contributed by atoms with Gasteiger partial charge in [-0.3, -0.25) is 4.79 Å². The summed E-state index contributed by atoms with van der Waals surface area (Å²) in [5.74, 6) is 2.22. The molecule has 1 heteroatoms. The molecule has 0 saturated heterocycles. The predicted molar refractivity (Wildman–Crippen MR) is 57.9 cm³/mol. The molecule has 14 heavy (non-hydrogen) atoms. The number of ketones is 1. The molecule has 1 nitrogen and oxygen atoms in total. The lowest BCUT2D eigenvalue weighted by Gasteiger charge is -2.48. The third-order valence-corrected chi connectivity index (χ3v) is 4.65. The molecule has 0 N–H and O–H groups in total. The van der Waals surface area contributed by atoms with Crippen LogP contribution in [-0.4, -0.2) is 5.78 Å². The third-order valence-electron chi connectivity index (χ3n) is 4.65. The molecule has 4 atom stereocenters. The molecule has 4 unspecified atom stereocenters. The summed E-state index contributed by atoms with van der Waals surface area (Å²) in [6, 6.07) is 0. The van der Waals surface area contributed by atoms with Crippen LogP contribution in [0.1, 0.15) is 40.0 Å². The zero-order valence-corrected chi connectivity index (χ0v) is 9.42. The van der Waals surface area contributed by atoms with E-state index >= 15 is 0 Å². The van der Waals surface area contributed by atoms with E-state index in [0.29, 0.717) is 23.5 Å². The van der Waals surface area contributed by atoms with Gasteiger partial charge >= 0.3 is 0 Å². The maximum atomic E-state index is 12.1. The van der Waals surface area contributed by atoms with Crippen molar-refractivity contribution in [3.05, 3.63) is 12.2 Å². The maximum absolute atomic E-state index is 12.1. The maximum Gasteiger partial charge on any atom is 0.139 e. The first-order valence-electron chi connectivity index (χ1n) is 5.76. The second-order valence-electron chi connectivity index (χ2n) is 5.28. The van der Waals surface area contributed by atoms with Crippen LogP contribution in [-0.2, 0) is 4.79 Å². The molecule has 0 spiro atoms. The number of fused-ring (bicyclic) bond motifs is 1. The average molecular weight is 192 g/mol. The number of Topliss-reactive ketones (excluding diaryl/α,β-unsaturated/α-hetero) is 1. The summed E-state index contributed by atoms with van der Waals surface area (Å²) >= 11 is 0. The fourth-order valence-corrected chi connectivity index (χ4v) is 3.33. The smallest absolute Gasteiger partial charge is 0.139 e. The molecule has 0 aromatic carbocycles. The van der Waals surface area contributed by atoms with E-state index in [0.717, 1.165) is 19.3 Å². The van der Waals surface area contributed by atoms with Gasteiger partial charge in [0, 0.05) is 11.8 Å². The van der Waals surface area contributed by atoms with Gasteiger partial charge in [-0.05, 0) is 30.6 Å². The lowest BCUT2D eigenvalue weighted by Crippen LogP contribution is -2.48. The Morgan fingerprint density at radius 2 is 2.14 bits per heavy atom. The van der Waals surface area contributed by atoms with Crippen LogP contribution in [0.2, 0.25) is 0 Å². The van der Waals surface area contributed by atoms with Gasteiger partial charge in [0.05, 0.1) is 0 Å². The highest BCUT2D eigenvalue weighted by atomic mass is 16.1. The van der Waals surface area contributed by atoms with Crippen LogP contribution in [0, 0.1) is 23.2 Å². The van der Waals surface area contributed by atoms with Gasteiger partial charge < -0.3 is 0 Å². The zero-order chi connectivity index (χ0) is 10.3. The number of carbonyl (C=O) groups excluding carboxylic acids is 1. The van der Waals surface area contributed by atoms with Crippen LogP contribution in [0.3, 0.4) is 0 Å². The molecule has 0 heterocycles. The molecule has 0 aromatic heterocycles. The first kappa shape index (κ1) is 9.95. The van der Waals surface area contributed by atoms with E-state index < -0.39 is 0 Å². The Kier molecular flexibility index (Phi) is 2.29. The summed E-state index contributed by atoms with van der Waals surface area (Å²) in [5, 5.41) is 0. The first-order chi connectivity index (χ1) is 6.56. The predicted octanol–water partition coefficient (Wildman–Crippen LogP) is 3.20. The van der Waals surface area contributed by atoms with Crippen molar-refractivity contribution < 1.29 is 4.79 Å². The first-order valence-corrected chi connectivity index (χ1v) is 5.76. The monoisotopic (exact) mass is 192 g/mol. The molecule has 0 bridgehead atoms. The van der Waals surface area contributed by atoms with Crippen LogP contribution >= 0.6 is 0 Å². The van der Waals surface area contributed by atoms with Crippen molar-refractivity contribution in [1.82, 2.24) is 0 Å². The molecule has 0 aromatic rings. The van der Waals surface area contributed by atoms with E-state index in [1.165, 1.54) is 0 Å². The summed E-state index contributed by atoms with van der Waals surface area (Å²) in [6.07, 6.45) is 7.50. The fraction of sp³-hybridized carbons (Fsp3) is 0.769. The van der Waals surface area contributed by atoms with Crippen molar-refractivity contribution in [2.45, 2.75) is 40.0 Å². The molecule has 1 fully saturated rings. The van der Waals surface area contributed by atoms with E-state index in [-0.39, 0.29) is 5.41 Å². The van der Waals surface area contributed by atoms with Gasteiger partial charge in [-0.25, -0.2) is 0 Å². The van der Waals surface area contributed by atoms with Crippen molar-refractivity contribution in [2.75, 3.05) is 0 Å². The minimum Gasteiger partial charge on any atom is -0.299 e. The number of carbonyl (C=O) groups is 1. The van der Waals surface area contributed by atoms with E-state index in [2.05, 4.69) is 32.9 Å². The topological polar surface area (TPSA) is 17.1 Å². The van der Waals surface area contributed by atoms with Crippen LogP contribution in [0.25, 0.3) is 0 Å². The zero-order valence-electron chi connectivity index (χ0n) is 9.42. The Morgan fingerprint density at radius 3 is 2.79 bits per heavy atom. The van der Waals surface area contributed by atoms with Gasteiger partial charge in [-0.1, -0.05) is 32.9 Å². The van der Waals surface area contributed by atoms with Gasteiger partial charge in [0.2, 0.25) is 0 Å². The summed E-state index contributed by atoms with van der Waals surface area (Å²) in [4.78, 5) is 12.1. The molecule has 0 radical (unpaired) electrons. The van der Waals surface area contributed by atoms with E-state index in [1.54, 1.807) is 0 Å². The van der Waals surface area contributed by atoms with Crippen molar-refractivity contribution >= 4 is 5.78 Å². The highest BCUT2D eigenvalue weighted by Crippen LogP contribution is 2.51. The quantitative estimate of drug-likeness (QED) is 0.539. The normalized spacial score (nSPS) is 47.6. The highest BCUT2D eigenvalue weighted by Gasteiger charge is 2.49. The van der Waals surface area contributed by atoms with Crippen LogP contribution in [0.15, 0.2) is 12.2 Å². The van der Waals surface area contributed by atoms with Gasteiger partial charge in [-0.2, -0.15) is 0 Å². The number of allylic oxidation sites excluding steroid dienone is 2. The Hall–Kier alpha value is -0.590. The van der Waals surface area contributed by atoms with Gasteiger partial charge in [0.15, 0.2) is 0 Å². The SMILES string of the molecule is CC1CCC(=O)C2(C)C(C)C=CCC12. The number of rotatable bonds is 0. The fourth-order valence-electron chi connectivity index (χ4n) is 3.33. The number of hydrogen-bond donors (Lipinski definition) is 0. The summed E-state index contributed by atoms with van der Waals surface area (Å²) < 4.78 is 0. The molecule has 2 aliphatic rings. The molecule has 2 rings (SSSR count). The van der Waals surface area contributed by atoms with E-state index in [4.69, 9.17) is 0 Å². The second-order valence-corrected chi connectivity index (χ2v) is 5.28. The summed E-state index contributed by atoms with van der Waals surface area (Å²) in [6.45, 7) is 6.68. The number of hydrogen-bond acceptors (Lipinski definition) is 1. The third kappa shape index (κ3) is 1.18. The van der Waals surface area contributed by atoms with E-state index in [1.807, 2.05) is 0 Å².